The van der Waals surface area contributed by atoms with Crippen LogP contribution in [-0.2, 0) is 4.79 Å². The minimum atomic E-state index is -0.0120. The maximum Gasteiger partial charge on any atom is 0.223 e. The van der Waals surface area contributed by atoms with Gasteiger partial charge in [0.05, 0.1) is 0 Å². The summed E-state index contributed by atoms with van der Waals surface area (Å²) >= 11 is 0. The Kier molecular flexibility index (Phi) is 4.66. The quantitative estimate of drug-likeness (QED) is 0.837. The number of nitrogens with one attached hydrogen (secondary N) is 1. The third kappa shape index (κ3) is 3.47. The Morgan fingerprint density at radius 1 is 1.28 bits per heavy atom. The lowest BCUT2D eigenvalue weighted by Crippen LogP contribution is -2.59. The van der Waals surface area contributed by atoms with E-state index in [1.807, 2.05) is 0 Å². The van der Waals surface area contributed by atoms with E-state index in [0.29, 0.717) is 5.91 Å². The summed E-state index contributed by atoms with van der Waals surface area (Å²) in [6.07, 6.45) is 8.70. The van der Waals surface area contributed by atoms with Gasteiger partial charge in [0.25, 0.3) is 0 Å². The number of hydrogen-bond acceptors (Lipinski definition) is 2. The van der Waals surface area contributed by atoms with E-state index in [1.165, 1.54) is 32.1 Å². The number of piperazine rings is 1. The molecular weight excluding hydrogens is 224 g/mol. The molecule has 0 spiro atoms. The van der Waals surface area contributed by atoms with Gasteiger partial charge in [0.2, 0.25) is 5.91 Å². The predicted molar refractivity (Wildman–Crippen MR) is 74.5 cm³/mol. The van der Waals surface area contributed by atoms with Gasteiger partial charge in [-0.15, -0.1) is 0 Å². The minimum absolute atomic E-state index is 0.0120. The normalized spacial score (nSPS) is 25.1. The van der Waals surface area contributed by atoms with Gasteiger partial charge in [-0.05, 0) is 26.2 Å². The summed E-state index contributed by atoms with van der Waals surface area (Å²) in [6.45, 7) is 7.06. The molecule has 2 rings (SSSR count). The van der Waals surface area contributed by atoms with Gasteiger partial charge < -0.3 is 10.2 Å². The zero-order valence-corrected chi connectivity index (χ0v) is 12.0. The third-order valence-electron chi connectivity index (χ3n) is 4.59. The van der Waals surface area contributed by atoms with Gasteiger partial charge in [-0.25, -0.2) is 0 Å². The molecule has 1 saturated carbocycles. The molecule has 1 aliphatic heterocycles. The molecule has 2 fully saturated rings. The molecular formula is C15H28N2O. The first-order chi connectivity index (χ1) is 8.59. The molecule has 0 atom stereocenters. The second kappa shape index (κ2) is 6.05. The fraction of sp³-hybridized carbons (Fsp3) is 0.933. The van der Waals surface area contributed by atoms with Crippen LogP contribution in [0.25, 0.3) is 0 Å². The second-order valence-corrected chi connectivity index (χ2v) is 6.58. The Morgan fingerprint density at radius 3 is 2.67 bits per heavy atom. The van der Waals surface area contributed by atoms with E-state index in [9.17, 15) is 4.79 Å². The molecule has 3 nitrogen and oxygen atoms in total. The van der Waals surface area contributed by atoms with Gasteiger partial charge in [-0.1, -0.05) is 32.1 Å². The maximum absolute atomic E-state index is 12.4. The average Bonchev–Trinajstić information content (AvgIpc) is 2.37. The summed E-state index contributed by atoms with van der Waals surface area (Å²) in [6, 6.07) is 0. The van der Waals surface area contributed by atoms with E-state index in [1.54, 1.807) is 0 Å². The van der Waals surface area contributed by atoms with Gasteiger partial charge in [0.1, 0.15) is 0 Å². The largest absolute Gasteiger partial charge is 0.335 e. The molecule has 0 unspecified atom stereocenters. The van der Waals surface area contributed by atoms with Crippen LogP contribution in [0.2, 0.25) is 0 Å². The SMILES string of the molecule is CC1(C)CNCCN1C(=O)CCC1CCCCC1. The first-order valence-electron chi connectivity index (χ1n) is 7.61. The Labute approximate surface area is 111 Å². The summed E-state index contributed by atoms with van der Waals surface area (Å²) < 4.78 is 0. The lowest BCUT2D eigenvalue weighted by atomic mass is 9.86. The third-order valence-corrected chi connectivity index (χ3v) is 4.59. The Bertz CT molecular complexity index is 282. The number of hydrogen-bond donors (Lipinski definition) is 1. The smallest absolute Gasteiger partial charge is 0.223 e. The highest BCUT2D eigenvalue weighted by Crippen LogP contribution is 2.28. The number of carbonyl (C=O) groups excluding carboxylic acids is 1. The van der Waals surface area contributed by atoms with Crippen molar-refractivity contribution >= 4 is 5.91 Å². The fourth-order valence-electron chi connectivity index (χ4n) is 3.38. The Hall–Kier alpha value is -0.570. The van der Waals surface area contributed by atoms with Crippen LogP contribution in [0.1, 0.15) is 58.8 Å². The Morgan fingerprint density at radius 2 is 2.00 bits per heavy atom. The molecule has 0 aromatic rings. The minimum Gasteiger partial charge on any atom is -0.335 e. The molecule has 1 amide bonds. The molecule has 1 aliphatic carbocycles. The van der Waals surface area contributed by atoms with Crippen LogP contribution in [0.3, 0.4) is 0 Å². The molecule has 1 heterocycles. The first-order valence-corrected chi connectivity index (χ1v) is 7.61. The summed E-state index contributed by atoms with van der Waals surface area (Å²) in [7, 11) is 0. The lowest BCUT2D eigenvalue weighted by Gasteiger charge is -2.43. The number of rotatable bonds is 3. The molecule has 0 aromatic heterocycles. The number of nitrogens with zero attached hydrogens (tertiary/aromatic N) is 1. The zero-order valence-electron chi connectivity index (χ0n) is 12.0. The molecule has 1 N–H and O–H groups in total. The van der Waals surface area contributed by atoms with Crippen LogP contribution in [0.4, 0.5) is 0 Å². The maximum atomic E-state index is 12.4. The van der Waals surface area contributed by atoms with Crippen molar-refractivity contribution in [3.05, 3.63) is 0 Å². The molecule has 1 saturated heterocycles. The molecule has 0 radical (unpaired) electrons. The van der Waals surface area contributed by atoms with Crippen LogP contribution in [0.15, 0.2) is 0 Å². The molecule has 3 heteroatoms. The van der Waals surface area contributed by atoms with Gasteiger partial charge >= 0.3 is 0 Å². The fourth-order valence-corrected chi connectivity index (χ4v) is 3.38. The van der Waals surface area contributed by atoms with E-state index in [-0.39, 0.29) is 5.54 Å². The standard InChI is InChI=1S/C15H28N2O/c1-15(2)12-16-10-11-17(15)14(18)9-8-13-6-4-3-5-7-13/h13,16H,3-12H2,1-2H3. The number of amides is 1. The van der Waals surface area contributed by atoms with E-state index in [0.717, 1.165) is 38.4 Å². The highest BCUT2D eigenvalue weighted by atomic mass is 16.2. The molecule has 104 valence electrons. The summed E-state index contributed by atoms with van der Waals surface area (Å²) in [5.41, 5.74) is -0.0120. The van der Waals surface area contributed by atoms with Crippen molar-refractivity contribution in [2.75, 3.05) is 19.6 Å². The van der Waals surface area contributed by atoms with E-state index >= 15 is 0 Å². The highest BCUT2D eigenvalue weighted by molar-refractivity contribution is 5.77. The summed E-state index contributed by atoms with van der Waals surface area (Å²) in [5, 5.41) is 3.37. The molecule has 18 heavy (non-hydrogen) atoms. The highest BCUT2D eigenvalue weighted by Gasteiger charge is 2.32. The van der Waals surface area contributed by atoms with Crippen LogP contribution in [-0.4, -0.2) is 36.0 Å². The zero-order chi connectivity index (χ0) is 13.0. The van der Waals surface area contributed by atoms with Crippen LogP contribution in [0.5, 0.6) is 0 Å². The van der Waals surface area contributed by atoms with Crippen molar-refractivity contribution in [2.45, 2.75) is 64.3 Å². The van der Waals surface area contributed by atoms with Crippen molar-refractivity contribution in [3.8, 4) is 0 Å². The van der Waals surface area contributed by atoms with E-state index < -0.39 is 0 Å². The van der Waals surface area contributed by atoms with E-state index in [4.69, 9.17) is 0 Å². The van der Waals surface area contributed by atoms with Crippen molar-refractivity contribution in [1.29, 1.82) is 0 Å². The summed E-state index contributed by atoms with van der Waals surface area (Å²) in [4.78, 5) is 14.4. The van der Waals surface area contributed by atoms with Crippen molar-refractivity contribution in [2.24, 2.45) is 5.92 Å². The van der Waals surface area contributed by atoms with Crippen molar-refractivity contribution in [1.82, 2.24) is 10.2 Å². The monoisotopic (exact) mass is 252 g/mol. The van der Waals surface area contributed by atoms with Gasteiger partial charge in [0, 0.05) is 31.6 Å². The van der Waals surface area contributed by atoms with Gasteiger partial charge in [-0.2, -0.15) is 0 Å². The second-order valence-electron chi connectivity index (χ2n) is 6.58. The van der Waals surface area contributed by atoms with Crippen molar-refractivity contribution in [3.63, 3.8) is 0 Å². The van der Waals surface area contributed by atoms with Crippen LogP contribution in [0, 0.1) is 5.92 Å². The van der Waals surface area contributed by atoms with Gasteiger partial charge in [-0.3, -0.25) is 4.79 Å². The lowest BCUT2D eigenvalue weighted by molar-refractivity contribution is -0.138. The number of carbonyl (C=O) groups is 1. The average molecular weight is 252 g/mol. The Balaban J connectivity index is 1.79. The van der Waals surface area contributed by atoms with E-state index in [2.05, 4.69) is 24.1 Å². The molecule has 0 aromatic carbocycles. The topological polar surface area (TPSA) is 32.3 Å². The van der Waals surface area contributed by atoms with Crippen LogP contribution < -0.4 is 5.32 Å². The van der Waals surface area contributed by atoms with Crippen molar-refractivity contribution < 1.29 is 4.79 Å². The predicted octanol–water partition coefficient (Wildman–Crippen LogP) is 2.56. The van der Waals surface area contributed by atoms with Crippen LogP contribution >= 0.6 is 0 Å². The first kappa shape index (κ1) is 13.9. The molecule has 0 bridgehead atoms. The molecule has 2 aliphatic rings. The summed E-state index contributed by atoms with van der Waals surface area (Å²) in [5.74, 6) is 1.18. The van der Waals surface area contributed by atoms with Gasteiger partial charge in [0.15, 0.2) is 0 Å².